The van der Waals surface area contributed by atoms with Gasteiger partial charge in [-0.1, -0.05) is 6.92 Å². The molecule has 96 valence electrons. The summed E-state index contributed by atoms with van der Waals surface area (Å²) in [5, 5.41) is 2.15. The number of nitrogens with two attached hydrogens (primary N) is 1. The molecule has 0 spiro atoms. The minimum absolute atomic E-state index is 0.0135. The standard InChI is InChI=1S/C13H22N2OS/c1-3-4-15-5-6-16-12(8-15)13(14)11-7-10(2)17-9-11/h7,9,12-13H,3-6,8,14H2,1-2H3. The number of rotatable bonds is 4. The third-order valence-corrected chi connectivity index (χ3v) is 4.13. The Morgan fingerprint density at radius 1 is 1.65 bits per heavy atom. The zero-order valence-electron chi connectivity index (χ0n) is 10.7. The Morgan fingerprint density at radius 3 is 3.12 bits per heavy atom. The van der Waals surface area contributed by atoms with Gasteiger partial charge in [0.05, 0.1) is 18.8 Å². The molecule has 2 atom stereocenters. The van der Waals surface area contributed by atoms with Crippen LogP contribution in [0.3, 0.4) is 0 Å². The van der Waals surface area contributed by atoms with Gasteiger partial charge in [-0.25, -0.2) is 0 Å². The molecular formula is C13H22N2OS. The predicted molar refractivity (Wildman–Crippen MR) is 72.5 cm³/mol. The van der Waals surface area contributed by atoms with Gasteiger partial charge in [-0.05, 0) is 36.9 Å². The molecule has 17 heavy (non-hydrogen) atoms. The van der Waals surface area contributed by atoms with Gasteiger partial charge in [0.1, 0.15) is 0 Å². The summed E-state index contributed by atoms with van der Waals surface area (Å²) < 4.78 is 5.82. The summed E-state index contributed by atoms with van der Waals surface area (Å²) in [6.07, 6.45) is 1.34. The quantitative estimate of drug-likeness (QED) is 0.895. The van der Waals surface area contributed by atoms with Gasteiger partial charge in [0.2, 0.25) is 0 Å². The van der Waals surface area contributed by atoms with E-state index in [1.165, 1.54) is 16.9 Å². The molecule has 1 aromatic heterocycles. The minimum atomic E-state index is 0.0135. The molecule has 1 fully saturated rings. The van der Waals surface area contributed by atoms with Crippen LogP contribution in [-0.2, 0) is 4.74 Å². The van der Waals surface area contributed by atoms with E-state index in [1.807, 2.05) is 0 Å². The second-order valence-electron chi connectivity index (χ2n) is 4.73. The molecule has 0 aromatic carbocycles. The van der Waals surface area contributed by atoms with Crippen LogP contribution in [-0.4, -0.2) is 37.2 Å². The van der Waals surface area contributed by atoms with E-state index in [0.29, 0.717) is 0 Å². The minimum Gasteiger partial charge on any atom is -0.374 e. The SMILES string of the molecule is CCCN1CCOC(C(N)c2csc(C)c2)C1. The van der Waals surface area contributed by atoms with Crippen molar-refractivity contribution in [3.8, 4) is 0 Å². The third-order valence-electron chi connectivity index (χ3n) is 3.25. The Balaban J connectivity index is 1.97. The molecule has 2 rings (SSSR count). The van der Waals surface area contributed by atoms with E-state index < -0.39 is 0 Å². The smallest absolute Gasteiger partial charge is 0.0895 e. The van der Waals surface area contributed by atoms with Crippen LogP contribution in [0.15, 0.2) is 11.4 Å². The number of nitrogens with zero attached hydrogens (tertiary/aromatic N) is 1. The van der Waals surface area contributed by atoms with Crippen molar-refractivity contribution in [2.24, 2.45) is 5.73 Å². The Morgan fingerprint density at radius 2 is 2.47 bits per heavy atom. The van der Waals surface area contributed by atoms with Crippen molar-refractivity contribution < 1.29 is 4.74 Å². The van der Waals surface area contributed by atoms with Crippen LogP contribution in [0.1, 0.15) is 29.8 Å². The highest BCUT2D eigenvalue weighted by Gasteiger charge is 2.26. The van der Waals surface area contributed by atoms with E-state index in [4.69, 9.17) is 10.5 Å². The number of morpholine rings is 1. The summed E-state index contributed by atoms with van der Waals surface area (Å²) in [6, 6.07) is 2.19. The zero-order valence-corrected chi connectivity index (χ0v) is 11.5. The molecule has 2 heterocycles. The van der Waals surface area contributed by atoms with Crippen molar-refractivity contribution in [1.82, 2.24) is 4.90 Å². The first-order chi connectivity index (χ1) is 8.20. The van der Waals surface area contributed by atoms with Gasteiger partial charge in [0, 0.05) is 18.0 Å². The molecule has 2 N–H and O–H groups in total. The lowest BCUT2D eigenvalue weighted by atomic mass is 10.0. The molecule has 1 aliphatic rings. The van der Waals surface area contributed by atoms with E-state index in [2.05, 4.69) is 30.2 Å². The Labute approximate surface area is 108 Å². The molecular weight excluding hydrogens is 232 g/mol. The maximum absolute atomic E-state index is 6.30. The second-order valence-corrected chi connectivity index (χ2v) is 5.84. The highest BCUT2D eigenvalue weighted by atomic mass is 32.1. The lowest BCUT2D eigenvalue weighted by Crippen LogP contribution is -2.47. The fourth-order valence-electron chi connectivity index (χ4n) is 2.32. The lowest BCUT2D eigenvalue weighted by Gasteiger charge is -2.35. The van der Waals surface area contributed by atoms with Crippen molar-refractivity contribution in [2.75, 3.05) is 26.2 Å². The molecule has 2 unspecified atom stereocenters. The first kappa shape index (κ1) is 13.0. The van der Waals surface area contributed by atoms with Gasteiger partial charge in [0.15, 0.2) is 0 Å². The maximum atomic E-state index is 6.30. The third kappa shape index (κ3) is 3.28. The van der Waals surface area contributed by atoms with Gasteiger partial charge in [-0.15, -0.1) is 11.3 Å². The maximum Gasteiger partial charge on any atom is 0.0895 e. The molecule has 1 saturated heterocycles. The highest BCUT2D eigenvalue weighted by Crippen LogP contribution is 2.24. The van der Waals surface area contributed by atoms with Crippen molar-refractivity contribution in [3.05, 3.63) is 21.9 Å². The molecule has 3 nitrogen and oxygen atoms in total. The topological polar surface area (TPSA) is 38.5 Å². The van der Waals surface area contributed by atoms with Crippen LogP contribution in [0, 0.1) is 6.92 Å². The van der Waals surface area contributed by atoms with Gasteiger partial charge in [-0.3, -0.25) is 4.90 Å². The number of thiophene rings is 1. The van der Waals surface area contributed by atoms with Crippen molar-refractivity contribution in [3.63, 3.8) is 0 Å². The number of ether oxygens (including phenoxy) is 1. The van der Waals surface area contributed by atoms with Crippen LogP contribution in [0.25, 0.3) is 0 Å². The van der Waals surface area contributed by atoms with Crippen LogP contribution in [0.2, 0.25) is 0 Å². The van der Waals surface area contributed by atoms with E-state index >= 15 is 0 Å². The second kappa shape index (κ2) is 5.96. The molecule has 0 amide bonds. The normalized spacial score (nSPS) is 23.8. The first-order valence-corrected chi connectivity index (χ1v) is 7.23. The highest BCUT2D eigenvalue weighted by molar-refractivity contribution is 7.10. The predicted octanol–water partition coefficient (Wildman–Crippen LogP) is 2.17. The largest absolute Gasteiger partial charge is 0.374 e. The summed E-state index contributed by atoms with van der Waals surface area (Å²) in [6.45, 7) is 8.29. The van der Waals surface area contributed by atoms with Gasteiger partial charge >= 0.3 is 0 Å². The summed E-state index contributed by atoms with van der Waals surface area (Å²) in [4.78, 5) is 3.77. The van der Waals surface area contributed by atoms with E-state index in [1.54, 1.807) is 11.3 Å². The number of hydrogen-bond acceptors (Lipinski definition) is 4. The van der Waals surface area contributed by atoms with Crippen molar-refractivity contribution in [1.29, 1.82) is 0 Å². The van der Waals surface area contributed by atoms with Gasteiger partial charge in [-0.2, -0.15) is 0 Å². The Hall–Kier alpha value is -0.420. The molecule has 1 aromatic rings. The van der Waals surface area contributed by atoms with Crippen molar-refractivity contribution >= 4 is 11.3 Å². The van der Waals surface area contributed by atoms with Crippen LogP contribution >= 0.6 is 11.3 Å². The number of aryl methyl sites for hydroxylation is 1. The van der Waals surface area contributed by atoms with E-state index in [-0.39, 0.29) is 12.1 Å². The molecule has 0 saturated carbocycles. The Bertz CT molecular complexity index is 351. The van der Waals surface area contributed by atoms with Crippen LogP contribution < -0.4 is 5.73 Å². The zero-order chi connectivity index (χ0) is 12.3. The molecule has 0 aliphatic carbocycles. The van der Waals surface area contributed by atoms with Crippen molar-refractivity contribution in [2.45, 2.75) is 32.4 Å². The number of hydrogen-bond donors (Lipinski definition) is 1. The Kier molecular flexibility index (Phi) is 4.56. The average molecular weight is 254 g/mol. The lowest BCUT2D eigenvalue weighted by molar-refractivity contribution is -0.0407. The van der Waals surface area contributed by atoms with Crippen LogP contribution in [0.5, 0.6) is 0 Å². The van der Waals surface area contributed by atoms with Gasteiger partial charge in [0.25, 0.3) is 0 Å². The van der Waals surface area contributed by atoms with Crippen LogP contribution in [0.4, 0.5) is 0 Å². The van der Waals surface area contributed by atoms with E-state index in [9.17, 15) is 0 Å². The van der Waals surface area contributed by atoms with E-state index in [0.717, 1.165) is 26.2 Å². The summed E-state index contributed by atoms with van der Waals surface area (Å²) >= 11 is 1.76. The monoisotopic (exact) mass is 254 g/mol. The molecule has 0 radical (unpaired) electrons. The summed E-state index contributed by atoms with van der Waals surface area (Å²) in [5.74, 6) is 0. The molecule has 0 bridgehead atoms. The first-order valence-electron chi connectivity index (χ1n) is 6.35. The molecule has 4 heteroatoms. The fourth-order valence-corrected chi connectivity index (χ4v) is 3.07. The van der Waals surface area contributed by atoms with Gasteiger partial charge < -0.3 is 10.5 Å². The molecule has 1 aliphatic heterocycles. The average Bonchev–Trinajstić information content (AvgIpc) is 2.76. The summed E-state index contributed by atoms with van der Waals surface area (Å²) in [5.41, 5.74) is 7.51. The fraction of sp³-hybridized carbons (Fsp3) is 0.692. The summed E-state index contributed by atoms with van der Waals surface area (Å²) in [7, 11) is 0.